The molecule has 1 rings (SSSR count). The van der Waals surface area contributed by atoms with E-state index in [1.807, 2.05) is 0 Å². The molecule has 0 unspecified atom stereocenters. The lowest BCUT2D eigenvalue weighted by Gasteiger charge is -2.19. The summed E-state index contributed by atoms with van der Waals surface area (Å²) in [7, 11) is 1.16. The van der Waals surface area contributed by atoms with Gasteiger partial charge in [0.15, 0.2) is 11.5 Å². The van der Waals surface area contributed by atoms with Crippen molar-refractivity contribution in [3.05, 3.63) is 23.4 Å². The van der Waals surface area contributed by atoms with Crippen molar-refractivity contribution in [3.63, 3.8) is 0 Å². The van der Waals surface area contributed by atoms with Crippen LogP contribution in [0.4, 0.5) is 10.6 Å². The zero-order chi connectivity index (χ0) is 16.2. The van der Waals surface area contributed by atoms with Crippen LogP contribution in [0.5, 0.6) is 0 Å². The Kier molecular flexibility index (Phi) is 4.85. The minimum Gasteiger partial charge on any atom is -0.478 e. The number of anilines is 1. The number of carbonyl (C=O) groups excluding carboxylic acids is 2. The molecule has 0 bridgehead atoms. The van der Waals surface area contributed by atoms with Crippen LogP contribution >= 0.6 is 0 Å². The van der Waals surface area contributed by atoms with Gasteiger partial charge in [0.25, 0.3) is 0 Å². The number of nitrogens with zero attached hydrogens (tertiary/aromatic N) is 1. The third-order valence-corrected chi connectivity index (χ3v) is 2.14. The monoisotopic (exact) mass is 296 g/mol. The zero-order valence-corrected chi connectivity index (χ0v) is 12.1. The average Bonchev–Trinajstić information content (AvgIpc) is 2.34. The molecular formula is C13H16N2O6. The van der Waals surface area contributed by atoms with Gasteiger partial charge in [-0.1, -0.05) is 0 Å². The first kappa shape index (κ1) is 16.4. The molecular weight excluding hydrogens is 280 g/mol. The fourth-order valence-electron chi connectivity index (χ4n) is 1.35. The number of hydrogen-bond acceptors (Lipinski definition) is 6. The van der Waals surface area contributed by atoms with E-state index < -0.39 is 23.6 Å². The lowest BCUT2D eigenvalue weighted by molar-refractivity contribution is 0.0587. The Morgan fingerprint density at radius 3 is 2.33 bits per heavy atom. The maximum atomic E-state index is 11.7. The number of hydrogen-bond donors (Lipinski definition) is 2. The molecule has 0 atom stereocenters. The van der Waals surface area contributed by atoms with Crippen LogP contribution in [-0.4, -0.2) is 40.8 Å². The minimum absolute atomic E-state index is 0.131. The van der Waals surface area contributed by atoms with Crippen LogP contribution in [-0.2, 0) is 9.47 Å². The number of methoxy groups -OCH3 is 1. The summed E-state index contributed by atoms with van der Waals surface area (Å²) in [5, 5.41) is 11.3. The van der Waals surface area contributed by atoms with Crippen molar-refractivity contribution in [2.75, 3.05) is 12.4 Å². The van der Waals surface area contributed by atoms with Gasteiger partial charge in [-0.15, -0.1) is 0 Å². The average molecular weight is 296 g/mol. The van der Waals surface area contributed by atoms with Crippen LogP contribution in [0.2, 0.25) is 0 Å². The second-order valence-corrected chi connectivity index (χ2v) is 5.02. The maximum Gasteiger partial charge on any atom is 0.413 e. The second-order valence-electron chi connectivity index (χ2n) is 5.02. The summed E-state index contributed by atoms with van der Waals surface area (Å²) in [6.07, 6.45) is -0.875. The summed E-state index contributed by atoms with van der Waals surface area (Å²) >= 11 is 0. The largest absolute Gasteiger partial charge is 0.478 e. The van der Waals surface area contributed by atoms with Gasteiger partial charge < -0.3 is 14.6 Å². The first-order valence-electron chi connectivity index (χ1n) is 5.96. The molecule has 0 aliphatic carbocycles. The molecule has 8 heteroatoms. The Morgan fingerprint density at radius 1 is 1.24 bits per heavy atom. The molecule has 1 amide bonds. The third-order valence-electron chi connectivity index (χ3n) is 2.14. The molecule has 1 aromatic heterocycles. The molecule has 114 valence electrons. The predicted molar refractivity (Wildman–Crippen MR) is 72.4 cm³/mol. The summed E-state index contributed by atoms with van der Waals surface area (Å²) in [6.45, 7) is 4.97. The number of aromatic nitrogens is 1. The van der Waals surface area contributed by atoms with E-state index in [4.69, 9.17) is 9.84 Å². The Hall–Kier alpha value is -2.64. The summed E-state index contributed by atoms with van der Waals surface area (Å²) in [5.41, 5.74) is -1.16. The molecule has 0 spiro atoms. The van der Waals surface area contributed by atoms with E-state index >= 15 is 0 Å². The number of carboxylic acid groups (broad SMARTS) is 1. The van der Waals surface area contributed by atoms with Gasteiger partial charge in [0.05, 0.1) is 7.11 Å². The smallest absolute Gasteiger partial charge is 0.413 e. The number of aromatic carboxylic acids is 1. The highest BCUT2D eigenvalue weighted by molar-refractivity contribution is 5.99. The van der Waals surface area contributed by atoms with Crippen molar-refractivity contribution in [3.8, 4) is 0 Å². The van der Waals surface area contributed by atoms with Crippen molar-refractivity contribution in [1.82, 2.24) is 4.98 Å². The highest BCUT2D eigenvalue weighted by Gasteiger charge is 2.21. The zero-order valence-electron chi connectivity index (χ0n) is 12.1. The number of pyridine rings is 1. The Morgan fingerprint density at radius 2 is 1.86 bits per heavy atom. The first-order valence-corrected chi connectivity index (χ1v) is 5.96. The van der Waals surface area contributed by atoms with E-state index in [-0.39, 0.29) is 17.1 Å². The van der Waals surface area contributed by atoms with Crippen LogP contribution in [0, 0.1) is 0 Å². The van der Waals surface area contributed by atoms with Gasteiger partial charge in [-0.25, -0.2) is 19.4 Å². The number of esters is 1. The third kappa shape index (κ3) is 4.75. The van der Waals surface area contributed by atoms with Crippen molar-refractivity contribution >= 4 is 23.8 Å². The van der Waals surface area contributed by atoms with Crippen LogP contribution < -0.4 is 5.32 Å². The van der Waals surface area contributed by atoms with E-state index in [2.05, 4.69) is 15.0 Å². The van der Waals surface area contributed by atoms with Crippen LogP contribution in [0.3, 0.4) is 0 Å². The molecule has 1 aromatic rings. The lowest BCUT2D eigenvalue weighted by Crippen LogP contribution is -2.28. The molecule has 0 aromatic carbocycles. The van der Waals surface area contributed by atoms with Gasteiger partial charge in [0.1, 0.15) is 11.2 Å². The summed E-state index contributed by atoms with van der Waals surface area (Å²) in [5.74, 6) is -2.34. The Balaban J connectivity index is 3.09. The predicted octanol–water partition coefficient (Wildman–Crippen LogP) is 1.91. The van der Waals surface area contributed by atoms with Gasteiger partial charge in [-0.2, -0.15) is 0 Å². The Bertz CT molecular complexity index is 577. The van der Waals surface area contributed by atoms with Crippen molar-refractivity contribution < 1.29 is 29.0 Å². The van der Waals surface area contributed by atoms with Gasteiger partial charge in [-0.3, -0.25) is 5.32 Å². The fourth-order valence-corrected chi connectivity index (χ4v) is 1.35. The maximum absolute atomic E-state index is 11.7. The highest BCUT2D eigenvalue weighted by atomic mass is 16.6. The molecule has 0 fully saturated rings. The number of carbonyl (C=O) groups is 3. The van der Waals surface area contributed by atoms with Gasteiger partial charge in [0.2, 0.25) is 0 Å². The molecule has 0 saturated heterocycles. The number of carboxylic acids is 1. The number of ether oxygens (including phenoxy) is 2. The molecule has 8 nitrogen and oxygen atoms in total. The van der Waals surface area contributed by atoms with Crippen molar-refractivity contribution in [2.24, 2.45) is 0 Å². The van der Waals surface area contributed by atoms with E-state index in [0.29, 0.717) is 0 Å². The minimum atomic E-state index is -1.30. The molecule has 0 aliphatic rings. The van der Waals surface area contributed by atoms with E-state index in [9.17, 15) is 14.4 Å². The molecule has 0 saturated carbocycles. The molecule has 1 heterocycles. The summed E-state index contributed by atoms with van der Waals surface area (Å²) in [4.78, 5) is 37.9. The molecule has 2 N–H and O–H groups in total. The van der Waals surface area contributed by atoms with Gasteiger partial charge in [0, 0.05) is 0 Å². The van der Waals surface area contributed by atoms with Crippen molar-refractivity contribution in [2.45, 2.75) is 26.4 Å². The summed E-state index contributed by atoms with van der Waals surface area (Å²) in [6, 6.07) is 2.34. The Labute approximate surface area is 121 Å². The molecule has 0 radical (unpaired) electrons. The van der Waals surface area contributed by atoms with Gasteiger partial charge >= 0.3 is 18.0 Å². The van der Waals surface area contributed by atoms with E-state index in [1.54, 1.807) is 20.8 Å². The number of rotatable bonds is 3. The van der Waals surface area contributed by atoms with Crippen molar-refractivity contribution in [1.29, 1.82) is 0 Å². The first-order chi connectivity index (χ1) is 9.64. The lowest BCUT2D eigenvalue weighted by atomic mass is 10.2. The second kappa shape index (κ2) is 6.21. The standard InChI is InChI=1S/C13H16N2O6/c1-13(2,3)21-12(19)15-9-7(10(16)17)5-6-8(14-9)11(18)20-4/h5-6H,1-4H3,(H,16,17)(H,14,15,19). The van der Waals surface area contributed by atoms with Crippen LogP contribution in [0.15, 0.2) is 12.1 Å². The van der Waals surface area contributed by atoms with Crippen LogP contribution in [0.1, 0.15) is 41.6 Å². The fraction of sp³-hybridized carbons (Fsp3) is 0.385. The highest BCUT2D eigenvalue weighted by Crippen LogP contribution is 2.16. The van der Waals surface area contributed by atoms with E-state index in [1.165, 1.54) is 6.07 Å². The number of nitrogens with one attached hydrogen (secondary N) is 1. The molecule has 21 heavy (non-hydrogen) atoms. The van der Waals surface area contributed by atoms with E-state index in [0.717, 1.165) is 13.2 Å². The van der Waals surface area contributed by atoms with Gasteiger partial charge in [-0.05, 0) is 32.9 Å². The molecule has 0 aliphatic heterocycles. The van der Waals surface area contributed by atoms with Crippen LogP contribution in [0.25, 0.3) is 0 Å². The normalized spacial score (nSPS) is 10.7. The topological polar surface area (TPSA) is 115 Å². The quantitative estimate of drug-likeness (QED) is 0.818. The summed E-state index contributed by atoms with van der Waals surface area (Å²) < 4.78 is 9.49. The SMILES string of the molecule is COC(=O)c1ccc(C(=O)O)c(NC(=O)OC(C)(C)C)n1. The number of amides is 1.